The molecule has 0 amide bonds. The van der Waals surface area contributed by atoms with Crippen molar-refractivity contribution in [1.82, 2.24) is 4.98 Å². The number of ether oxygens (including phenoxy) is 1. The number of fused-ring (bicyclic) bond motifs is 3. The van der Waals surface area contributed by atoms with Crippen molar-refractivity contribution < 1.29 is 23.5 Å². The molecule has 0 spiro atoms. The third kappa shape index (κ3) is 1.96. The lowest BCUT2D eigenvalue weighted by Crippen LogP contribution is -1.98. The number of nitrogens with zero attached hydrogens (tertiary/aromatic N) is 1. The maximum absolute atomic E-state index is 11.2. The fourth-order valence-corrected chi connectivity index (χ4v) is 2.85. The lowest BCUT2D eigenvalue weighted by Gasteiger charge is -2.03. The Kier molecular flexibility index (Phi) is 3.06. The Labute approximate surface area is 136 Å². The molecule has 0 aliphatic heterocycles. The number of aromatic carboxylic acids is 1. The van der Waals surface area contributed by atoms with E-state index in [9.17, 15) is 9.90 Å². The molecule has 1 N–H and O–H groups in total. The summed E-state index contributed by atoms with van der Waals surface area (Å²) < 4.78 is 16.9. The molecule has 24 heavy (non-hydrogen) atoms. The van der Waals surface area contributed by atoms with Gasteiger partial charge in [0.1, 0.15) is 11.3 Å². The molecule has 2 aromatic heterocycles. The molecule has 0 saturated carbocycles. The Hall–Kier alpha value is -3.28. The number of aromatic nitrogens is 1. The van der Waals surface area contributed by atoms with Gasteiger partial charge in [-0.1, -0.05) is 18.2 Å². The van der Waals surface area contributed by atoms with E-state index in [2.05, 4.69) is 4.98 Å². The van der Waals surface area contributed by atoms with Crippen LogP contribution in [0.15, 0.2) is 45.2 Å². The molecule has 4 rings (SSSR count). The normalized spacial score (nSPS) is 11.2. The minimum Gasteiger partial charge on any atom is -0.493 e. The summed E-state index contributed by atoms with van der Waals surface area (Å²) in [7, 11) is 1.57. The number of aryl methyl sites for hydroxylation is 1. The Morgan fingerprint density at radius 3 is 2.67 bits per heavy atom. The molecule has 6 heteroatoms. The average Bonchev–Trinajstić information content (AvgIpc) is 3.15. The molecule has 0 aliphatic rings. The quantitative estimate of drug-likeness (QED) is 0.606. The highest BCUT2D eigenvalue weighted by molar-refractivity contribution is 6.13. The molecule has 0 saturated heterocycles. The Balaban J connectivity index is 2.09. The van der Waals surface area contributed by atoms with Crippen molar-refractivity contribution in [3.63, 3.8) is 0 Å². The number of para-hydroxylation sites is 1. The molecule has 0 unspecified atom stereocenters. The van der Waals surface area contributed by atoms with E-state index in [1.54, 1.807) is 26.2 Å². The van der Waals surface area contributed by atoms with Crippen molar-refractivity contribution in [2.24, 2.45) is 0 Å². The van der Waals surface area contributed by atoms with Crippen LogP contribution in [0.2, 0.25) is 0 Å². The molecule has 0 aliphatic carbocycles. The number of methoxy groups -OCH3 is 1. The largest absolute Gasteiger partial charge is 0.493 e. The number of benzene rings is 2. The van der Waals surface area contributed by atoms with E-state index in [1.165, 1.54) is 0 Å². The molecule has 0 fully saturated rings. The molecule has 0 bridgehead atoms. The summed E-state index contributed by atoms with van der Waals surface area (Å²) in [6.07, 6.45) is 0. The highest BCUT2D eigenvalue weighted by Crippen LogP contribution is 2.41. The lowest BCUT2D eigenvalue weighted by molar-refractivity contribution is 0.0689. The second kappa shape index (κ2) is 5.13. The van der Waals surface area contributed by atoms with Crippen LogP contribution in [0.4, 0.5) is 0 Å². The Morgan fingerprint density at radius 1 is 1.17 bits per heavy atom. The summed E-state index contributed by atoms with van der Waals surface area (Å²) in [6.45, 7) is 1.58. The van der Waals surface area contributed by atoms with Gasteiger partial charge in [-0.25, -0.2) is 9.78 Å². The summed E-state index contributed by atoms with van der Waals surface area (Å²) in [5.74, 6) is -0.0330. The van der Waals surface area contributed by atoms with E-state index in [0.717, 1.165) is 10.8 Å². The van der Waals surface area contributed by atoms with Crippen LogP contribution in [0.3, 0.4) is 0 Å². The monoisotopic (exact) mass is 323 g/mol. The van der Waals surface area contributed by atoms with Crippen molar-refractivity contribution in [3.05, 3.63) is 47.9 Å². The van der Waals surface area contributed by atoms with E-state index < -0.39 is 5.97 Å². The maximum atomic E-state index is 11.2. The van der Waals surface area contributed by atoms with Gasteiger partial charge in [-0.15, -0.1) is 0 Å². The number of hydrogen-bond donors (Lipinski definition) is 1. The lowest BCUT2D eigenvalue weighted by atomic mass is 10.1. The van der Waals surface area contributed by atoms with E-state index in [-0.39, 0.29) is 17.3 Å². The molecule has 0 atom stereocenters. The van der Waals surface area contributed by atoms with Crippen LogP contribution in [0.25, 0.3) is 33.4 Å². The number of carbonyl (C=O) groups is 1. The summed E-state index contributed by atoms with van der Waals surface area (Å²) >= 11 is 0. The van der Waals surface area contributed by atoms with Crippen molar-refractivity contribution in [2.45, 2.75) is 6.92 Å². The number of hydrogen-bond acceptors (Lipinski definition) is 5. The van der Waals surface area contributed by atoms with Gasteiger partial charge in [0.05, 0.1) is 7.11 Å². The number of furan rings is 1. The first-order valence-electron chi connectivity index (χ1n) is 7.29. The van der Waals surface area contributed by atoms with Crippen LogP contribution >= 0.6 is 0 Å². The Morgan fingerprint density at radius 2 is 1.96 bits per heavy atom. The SMILES string of the molecule is COc1ccc(-c2nc(C(=O)O)c(C)o2)c2c1oc1ccccc12. The summed E-state index contributed by atoms with van der Waals surface area (Å²) in [5, 5.41) is 10.9. The second-order valence-electron chi connectivity index (χ2n) is 5.35. The number of oxazole rings is 1. The summed E-state index contributed by atoms with van der Waals surface area (Å²) in [6, 6.07) is 11.1. The molecule has 2 aromatic carbocycles. The zero-order valence-electron chi connectivity index (χ0n) is 13.0. The minimum absolute atomic E-state index is 0.0956. The van der Waals surface area contributed by atoms with Gasteiger partial charge in [-0.3, -0.25) is 0 Å². The summed E-state index contributed by atoms with van der Waals surface area (Å²) in [4.78, 5) is 15.4. The maximum Gasteiger partial charge on any atom is 0.358 e. The van der Waals surface area contributed by atoms with Crippen LogP contribution < -0.4 is 4.74 Å². The van der Waals surface area contributed by atoms with Gasteiger partial charge < -0.3 is 18.7 Å². The van der Waals surface area contributed by atoms with E-state index >= 15 is 0 Å². The van der Waals surface area contributed by atoms with E-state index in [0.29, 0.717) is 22.5 Å². The molecular formula is C18H13NO5. The summed E-state index contributed by atoms with van der Waals surface area (Å²) in [5.41, 5.74) is 1.84. The number of carboxylic acids is 1. The first kappa shape index (κ1) is 14.3. The smallest absolute Gasteiger partial charge is 0.358 e. The van der Waals surface area contributed by atoms with Crippen molar-refractivity contribution in [1.29, 1.82) is 0 Å². The van der Waals surface area contributed by atoms with Crippen LogP contribution in [0.1, 0.15) is 16.2 Å². The molecule has 0 radical (unpaired) electrons. The molecule has 4 aromatic rings. The van der Waals surface area contributed by atoms with Crippen molar-refractivity contribution in [2.75, 3.05) is 7.11 Å². The fraction of sp³-hybridized carbons (Fsp3) is 0.111. The molecule has 6 nitrogen and oxygen atoms in total. The van der Waals surface area contributed by atoms with Crippen molar-refractivity contribution in [3.8, 4) is 17.2 Å². The van der Waals surface area contributed by atoms with Gasteiger partial charge in [0.25, 0.3) is 0 Å². The third-order valence-electron chi connectivity index (χ3n) is 3.94. The highest BCUT2D eigenvalue weighted by Gasteiger charge is 2.22. The topological polar surface area (TPSA) is 85.7 Å². The second-order valence-corrected chi connectivity index (χ2v) is 5.35. The average molecular weight is 323 g/mol. The third-order valence-corrected chi connectivity index (χ3v) is 3.94. The van der Waals surface area contributed by atoms with Crippen LogP contribution in [-0.2, 0) is 0 Å². The van der Waals surface area contributed by atoms with Gasteiger partial charge >= 0.3 is 5.97 Å². The van der Waals surface area contributed by atoms with Crippen LogP contribution in [0, 0.1) is 6.92 Å². The van der Waals surface area contributed by atoms with E-state index in [4.69, 9.17) is 13.6 Å². The van der Waals surface area contributed by atoms with E-state index in [1.807, 2.05) is 24.3 Å². The van der Waals surface area contributed by atoms with Gasteiger partial charge in [0.2, 0.25) is 5.89 Å². The predicted molar refractivity (Wildman–Crippen MR) is 87.5 cm³/mol. The zero-order valence-corrected chi connectivity index (χ0v) is 13.0. The first-order valence-corrected chi connectivity index (χ1v) is 7.29. The van der Waals surface area contributed by atoms with Gasteiger partial charge in [-0.05, 0) is 25.1 Å². The molecular weight excluding hydrogens is 310 g/mol. The van der Waals surface area contributed by atoms with Gasteiger partial charge in [-0.2, -0.15) is 0 Å². The molecule has 2 heterocycles. The van der Waals surface area contributed by atoms with Crippen LogP contribution in [0.5, 0.6) is 5.75 Å². The molecule has 120 valence electrons. The fourth-order valence-electron chi connectivity index (χ4n) is 2.85. The van der Waals surface area contributed by atoms with Crippen molar-refractivity contribution >= 4 is 27.9 Å². The zero-order chi connectivity index (χ0) is 16.8. The van der Waals surface area contributed by atoms with Gasteiger partial charge in [0.15, 0.2) is 17.0 Å². The first-order chi connectivity index (χ1) is 11.6. The minimum atomic E-state index is -1.12. The number of rotatable bonds is 3. The number of carboxylic acid groups (broad SMARTS) is 1. The Bertz CT molecular complexity index is 1090. The van der Waals surface area contributed by atoms with Crippen LogP contribution in [-0.4, -0.2) is 23.2 Å². The highest BCUT2D eigenvalue weighted by atomic mass is 16.5. The van der Waals surface area contributed by atoms with Gasteiger partial charge in [0, 0.05) is 16.3 Å². The predicted octanol–water partition coefficient (Wildman–Crippen LogP) is 4.26. The standard InChI is InChI=1S/C18H13NO5/c1-9-15(18(20)21)19-17(23-9)11-7-8-13(22-2)16-14(11)10-5-3-4-6-12(10)24-16/h3-8H,1-2H3,(H,20,21).